The number of fused-ring (bicyclic) bond motifs is 1. The first-order chi connectivity index (χ1) is 8.33. The Labute approximate surface area is 108 Å². The minimum Gasteiger partial charge on any atom is -0.314 e. The first-order valence-corrected chi connectivity index (χ1v) is 7.50. The van der Waals surface area contributed by atoms with Gasteiger partial charge in [-0.05, 0) is 23.1 Å². The van der Waals surface area contributed by atoms with Gasteiger partial charge < -0.3 is 5.32 Å². The van der Waals surface area contributed by atoms with E-state index in [1.807, 2.05) is 11.8 Å². The van der Waals surface area contributed by atoms with E-state index in [2.05, 4.69) is 35.3 Å². The summed E-state index contributed by atoms with van der Waals surface area (Å²) in [5.74, 6) is 1.99. The molecule has 0 amide bonds. The normalized spacial score (nSPS) is 24.9. The summed E-state index contributed by atoms with van der Waals surface area (Å²) < 4.78 is 0. The molecular weight excluding hydrogens is 228 g/mol. The van der Waals surface area contributed by atoms with Gasteiger partial charge in [0.05, 0.1) is 0 Å². The van der Waals surface area contributed by atoms with Crippen molar-refractivity contribution in [2.24, 2.45) is 0 Å². The first kappa shape index (κ1) is 11.6. The van der Waals surface area contributed by atoms with E-state index < -0.39 is 0 Å². The van der Waals surface area contributed by atoms with Crippen LogP contribution in [0.15, 0.2) is 23.1 Å². The van der Waals surface area contributed by atoms with Gasteiger partial charge in [-0.15, -0.1) is 11.8 Å². The number of rotatable bonds is 2. The van der Waals surface area contributed by atoms with E-state index in [0.29, 0.717) is 0 Å². The highest BCUT2D eigenvalue weighted by Gasteiger charge is 2.19. The molecule has 2 heterocycles. The molecule has 0 aliphatic carbocycles. The van der Waals surface area contributed by atoms with E-state index in [9.17, 15) is 0 Å². The van der Waals surface area contributed by atoms with Gasteiger partial charge in [0.2, 0.25) is 0 Å². The fourth-order valence-corrected chi connectivity index (χ4v) is 3.85. The molecule has 0 bridgehead atoms. The smallest absolute Gasteiger partial charge is 0.0234 e. The molecule has 2 aliphatic heterocycles. The lowest BCUT2D eigenvalue weighted by Gasteiger charge is -2.27. The molecule has 2 nitrogen and oxygen atoms in total. The third kappa shape index (κ3) is 2.51. The summed E-state index contributed by atoms with van der Waals surface area (Å²) in [5, 5.41) is 3.40. The molecule has 1 atom stereocenters. The SMILES string of the molecule is CC1CSc2ccc(CN3CCNCC3)cc21. The Morgan fingerprint density at radius 1 is 1.35 bits per heavy atom. The third-order valence-corrected chi connectivity index (χ3v) is 5.06. The standard InChI is InChI=1S/C14H20N2S/c1-11-10-17-14-3-2-12(8-13(11)14)9-16-6-4-15-5-7-16/h2-3,8,11,15H,4-7,9-10H2,1H3. The van der Waals surface area contributed by atoms with Gasteiger partial charge in [0.1, 0.15) is 0 Å². The second-order valence-electron chi connectivity index (χ2n) is 5.11. The molecular formula is C14H20N2S. The average Bonchev–Trinajstić information content (AvgIpc) is 2.73. The Balaban J connectivity index is 1.73. The molecule has 1 fully saturated rings. The number of hydrogen-bond donors (Lipinski definition) is 1. The van der Waals surface area contributed by atoms with Gasteiger partial charge in [-0.1, -0.05) is 19.1 Å². The maximum Gasteiger partial charge on any atom is 0.0234 e. The van der Waals surface area contributed by atoms with Crippen LogP contribution in [0.3, 0.4) is 0 Å². The fraction of sp³-hybridized carbons (Fsp3) is 0.571. The fourth-order valence-electron chi connectivity index (χ4n) is 2.64. The molecule has 17 heavy (non-hydrogen) atoms. The number of piperazine rings is 1. The van der Waals surface area contributed by atoms with Crippen LogP contribution in [0.2, 0.25) is 0 Å². The summed E-state index contributed by atoms with van der Waals surface area (Å²) in [6, 6.07) is 7.06. The van der Waals surface area contributed by atoms with Crippen LogP contribution in [0.25, 0.3) is 0 Å². The first-order valence-electron chi connectivity index (χ1n) is 6.51. The van der Waals surface area contributed by atoms with Crippen molar-refractivity contribution in [2.45, 2.75) is 24.3 Å². The second kappa shape index (κ2) is 5.01. The molecule has 3 rings (SSSR count). The van der Waals surface area contributed by atoms with Crippen molar-refractivity contribution in [3.05, 3.63) is 29.3 Å². The summed E-state index contributed by atoms with van der Waals surface area (Å²) in [4.78, 5) is 4.05. The Morgan fingerprint density at radius 2 is 2.18 bits per heavy atom. The monoisotopic (exact) mass is 248 g/mol. The van der Waals surface area contributed by atoms with E-state index in [1.54, 1.807) is 5.56 Å². The Bertz CT molecular complexity index is 399. The van der Waals surface area contributed by atoms with Crippen molar-refractivity contribution in [3.8, 4) is 0 Å². The van der Waals surface area contributed by atoms with Gasteiger partial charge >= 0.3 is 0 Å². The van der Waals surface area contributed by atoms with E-state index in [1.165, 1.54) is 29.3 Å². The molecule has 1 aromatic rings. The van der Waals surface area contributed by atoms with Crippen LogP contribution >= 0.6 is 11.8 Å². The number of nitrogens with zero attached hydrogens (tertiary/aromatic N) is 1. The zero-order valence-corrected chi connectivity index (χ0v) is 11.2. The Hall–Kier alpha value is -0.510. The quantitative estimate of drug-likeness (QED) is 0.864. The maximum atomic E-state index is 3.40. The molecule has 0 saturated carbocycles. The van der Waals surface area contributed by atoms with Gasteiger partial charge in [0.25, 0.3) is 0 Å². The topological polar surface area (TPSA) is 15.3 Å². The Kier molecular flexibility index (Phi) is 3.41. The van der Waals surface area contributed by atoms with Crippen molar-refractivity contribution in [1.82, 2.24) is 10.2 Å². The van der Waals surface area contributed by atoms with Gasteiger partial charge in [-0.25, -0.2) is 0 Å². The lowest BCUT2D eigenvalue weighted by molar-refractivity contribution is 0.233. The van der Waals surface area contributed by atoms with Crippen LogP contribution in [-0.4, -0.2) is 36.8 Å². The van der Waals surface area contributed by atoms with Crippen molar-refractivity contribution in [3.63, 3.8) is 0 Å². The van der Waals surface area contributed by atoms with E-state index >= 15 is 0 Å². The molecule has 1 N–H and O–H groups in total. The molecule has 1 unspecified atom stereocenters. The van der Waals surface area contributed by atoms with Crippen LogP contribution in [0, 0.1) is 0 Å². The lowest BCUT2D eigenvalue weighted by Crippen LogP contribution is -2.42. The van der Waals surface area contributed by atoms with E-state index in [4.69, 9.17) is 0 Å². The number of nitrogens with one attached hydrogen (secondary N) is 1. The largest absolute Gasteiger partial charge is 0.314 e. The van der Waals surface area contributed by atoms with Gasteiger partial charge in [-0.2, -0.15) is 0 Å². The van der Waals surface area contributed by atoms with Crippen LogP contribution < -0.4 is 5.32 Å². The molecule has 0 aromatic heterocycles. The zero-order valence-electron chi connectivity index (χ0n) is 10.4. The summed E-state index contributed by atoms with van der Waals surface area (Å²) in [6.45, 7) is 8.09. The molecule has 1 aromatic carbocycles. The van der Waals surface area contributed by atoms with Gasteiger partial charge in [0, 0.05) is 43.4 Å². The van der Waals surface area contributed by atoms with Crippen LogP contribution in [0.4, 0.5) is 0 Å². The lowest BCUT2D eigenvalue weighted by atomic mass is 10.0. The molecule has 92 valence electrons. The highest BCUT2D eigenvalue weighted by atomic mass is 32.2. The minimum absolute atomic E-state index is 0.734. The summed E-state index contributed by atoms with van der Waals surface area (Å²) in [7, 11) is 0. The van der Waals surface area contributed by atoms with Crippen molar-refractivity contribution < 1.29 is 0 Å². The highest BCUT2D eigenvalue weighted by molar-refractivity contribution is 7.99. The molecule has 3 heteroatoms. The number of thioether (sulfide) groups is 1. The number of hydrogen-bond acceptors (Lipinski definition) is 3. The van der Waals surface area contributed by atoms with Gasteiger partial charge in [-0.3, -0.25) is 4.90 Å². The zero-order chi connectivity index (χ0) is 11.7. The molecule has 0 spiro atoms. The van der Waals surface area contributed by atoms with Gasteiger partial charge in [0.15, 0.2) is 0 Å². The van der Waals surface area contributed by atoms with Crippen LogP contribution in [0.5, 0.6) is 0 Å². The molecule has 1 saturated heterocycles. The van der Waals surface area contributed by atoms with Crippen molar-refractivity contribution in [1.29, 1.82) is 0 Å². The van der Waals surface area contributed by atoms with Crippen LogP contribution in [-0.2, 0) is 6.54 Å². The average molecular weight is 248 g/mol. The third-order valence-electron chi connectivity index (χ3n) is 3.71. The summed E-state index contributed by atoms with van der Waals surface area (Å²) in [5.41, 5.74) is 3.06. The summed E-state index contributed by atoms with van der Waals surface area (Å²) in [6.07, 6.45) is 0. The predicted octanol–water partition coefficient (Wildman–Crippen LogP) is 2.30. The van der Waals surface area contributed by atoms with Crippen LogP contribution in [0.1, 0.15) is 24.0 Å². The van der Waals surface area contributed by atoms with E-state index in [0.717, 1.165) is 25.6 Å². The highest BCUT2D eigenvalue weighted by Crippen LogP contribution is 2.39. The molecule has 2 aliphatic rings. The van der Waals surface area contributed by atoms with Crippen molar-refractivity contribution in [2.75, 3.05) is 31.9 Å². The maximum absolute atomic E-state index is 3.40. The predicted molar refractivity (Wildman–Crippen MR) is 73.7 cm³/mol. The minimum atomic E-state index is 0.734. The Morgan fingerprint density at radius 3 is 3.00 bits per heavy atom. The molecule has 0 radical (unpaired) electrons. The second-order valence-corrected chi connectivity index (χ2v) is 6.17. The van der Waals surface area contributed by atoms with Crippen molar-refractivity contribution >= 4 is 11.8 Å². The number of benzene rings is 1. The van der Waals surface area contributed by atoms with E-state index in [-0.39, 0.29) is 0 Å². The summed E-state index contributed by atoms with van der Waals surface area (Å²) >= 11 is 2.01.